The Morgan fingerprint density at radius 3 is 1.12 bits per heavy atom. The maximum Gasteiger partial charge on any atom is 0.305 e. The molecule has 0 aromatic heterocycles. The monoisotopic (exact) mass is 1300 g/mol. The first kappa shape index (κ1) is 87.9. The van der Waals surface area contributed by atoms with Gasteiger partial charge in [-0.25, -0.2) is 0 Å². The standard InChI is InChI=1S/C81H153NO10/c1-3-5-7-9-11-13-15-16-42-46-49-53-57-61-65-69-77(86)90-70-66-62-58-54-50-47-44-41-39-37-35-33-31-29-27-25-23-21-19-17-18-20-22-24-26-28-30-32-34-36-38-40-43-45-48-52-56-60-64-68-76(85)82-73(72-91-81-80(89)79(88)78(87)75(71-83)92-81)74(84)67-63-59-55-51-14-12-10-8-6-4-2/h11,13,16,42,63,67,73-75,78-81,83-84,87-89H,3-10,12,14-15,17-41,43-62,64-66,68-72H2,1-2H3,(H,82,85)/b13-11-,42-16-,67-63+. The average Bonchev–Trinajstić information content (AvgIpc) is 1.08. The van der Waals surface area contributed by atoms with Crippen LogP contribution in [-0.4, -0.2) is 100 Å². The van der Waals surface area contributed by atoms with Crippen molar-refractivity contribution in [2.24, 2.45) is 0 Å². The normalized spacial score (nSPS) is 17.7. The fourth-order valence-corrected chi connectivity index (χ4v) is 12.9. The van der Waals surface area contributed by atoms with E-state index < -0.39 is 49.5 Å². The molecule has 542 valence electrons. The highest BCUT2D eigenvalue weighted by molar-refractivity contribution is 5.76. The van der Waals surface area contributed by atoms with Gasteiger partial charge in [0.1, 0.15) is 24.4 Å². The largest absolute Gasteiger partial charge is 0.466 e. The highest BCUT2D eigenvalue weighted by atomic mass is 16.7. The highest BCUT2D eigenvalue weighted by Gasteiger charge is 2.44. The van der Waals surface area contributed by atoms with Gasteiger partial charge >= 0.3 is 5.97 Å². The van der Waals surface area contributed by atoms with Crippen LogP contribution < -0.4 is 5.32 Å². The first-order valence-electron chi connectivity index (χ1n) is 40.3. The van der Waals surface area contributed by atoms with E-state index >= 15 is 0 Å². The van der Waals surface area contributed by atoms with Crippen LogP contribution in [-0.2, 0) is 23.8 Å². The topological polar surface area (TPSA) is 175 Å². The van der Waals surface area contributed by atoms with Gasteiger partial charge in [-0.3, -0.25) is 9.59 Å². The summed E-state index contributed by atoms with van der Waals surface area (Å²) in [6, 6.07) is -0.804. The van der Waals surface area contributed by atoms with Crippen molar-refractivity contribution in [3.05, 3.63) is 36.5 Å². The second-order valence-electron chi connectivity index (χ2n) is 28.1. The molecule has 7 atom stereocenters. The minimum absolute atomic E-state index is 0.00475. The number of rotatable bonds is 72. The highest BCUT2D eigenvalue weighted by Crippen LogP contribution is 2.24. The van der Waals surface area contributed by atoms with Gasteiger partial charge in [0.05, 0.1) is 32.0 Å². The van der Waals surface area contributed by atoms with E-state index in [2.05, 4.69) is 43.5 Å². The molecule has 0 aliphatic carbocycles. The summed E-state index contributed by atoms with van der Waals surface area (Å²) in [6.07, 6.45) is 82.0. The molecule has 1 rings (SSSR count). The summed E-state index contributed by atoms with van der Waals surface area (Å²) in [7, 11) is 0. The fourth-order valence-electron chi connectivity index (χ4n) is 12.9. The van der Waals surface area contributed by atoms with E-state index in [0.29, 0.717) is 19.4 Å². The van der Waals surface area contributed by atoms with E-state index in [1.54, 1.807) is 6.08 Å². The molecule has 1 fully saturated rings. The van der Waals surface area contributed by atoms with Crippen LogP contribution in [0.25, 0.3) is 0 Å². The van der Waals surface area contributed by atoms with Crippen LogP contribution in [0, 0.1) is 0 Å². The number of hydrogen-bond donors (Lipinski definition) is 6. The molecule has 1 amide bonds. The lowest BCUT2D eigenvalue weighted by atomic mass is 9.99. The van der Waals surface area contributed by atoms with Crippen LogP contribution in [0.3, 0.4) is 0 Å². The number of carbonyl (C=O) groups excluding carboxylic acids is 2. The number of esters is 1. The van der Waals surface area contributed by atoms with Gasteiger partial charge in [0.2, 0.25) is 5.91 Å². The number of nitrogens with one attached hydrogen (secondary N) is 1. The number of ether oxygens (including phenoxy) is 3. The van der Waals surface area contributed by atoms with Gasteiger partial charge in [-0.15, -0.1) is 0 Å². The van der Waals surface area contributed by atoms with E-state index in [1.807, 2.05) is 6.08 Å². The minimum atomic E-state index is -1.57. The van der Waals surface area contributed by atoms with Crippen molar-refractivity contribution in [3.63, 3.8) is 0 Å². The fraction of sp³-hybridized carbons (Fsp3) is 0.901. The number of aliphatic hydroxyl groups excluding tert-OH is 5. The van der Waals surface area contributed by atoms with Gasteiger partial charge in [0.25, 0.3) is 0 Å². The van der Waals surface area contributed by atoms with Crippen molar-refractivity contribution in [1.29, 1.82) is 0 Å². The summed E-state index contributed by atoms with van der Waals surface area (Å²) in [5.74, 6) is -0.170. The second-order valence-corrected chi connectivity index (χ2v) is 28.1. The summed E-state index contributed by atoms with van der Waals surface area (Å²) < 4.78 is 16.7. The molecule has 0 radical (unpaired) electrons. The van der Waals surface area contributed by atoms with Crippen molar-refractivity contribution in [2.75, 3.05) is 19.8 Å². The Labute approximate surface area is 568 Å². The zero-order valence-electron chi connectivity index (χ0n) is 60.5. The van der Waals surface area contributed by atoms with E-state index in [4.69, 9.17) is 14.2 Å². The molecule has 0 aromatic carbocycles. The molecular weight excluding hydrogens is 1150 g/mol. The smallest absolute Gasteiger partial charge is 0.305 e. The molecule has 11 heteroatoms. The van der Waals surface area contributed by atoms with Gasteiger partial charge < -0.3 is 45.1 Å². The number of aliphatic hydroxyl groups is 5. The van der Waals surface area contributed by atoms with Crippen LogP contribution in [0.15, 0.2) is 36.5 Å². The van der Waals surface area contributed by atoms with E-state index in [1.165, 1.54) is 315 Å². The van der Waals surface area contributed by atoms with Crippen LogP contribution >= 0.6 is 0 Å². The Bertz CT molecular complexity index is 1620. The van der Waals surface area contributed by atoms with Gasteiger partial charge in [-0.2, -0.15) is 0 Å². The molecule has 0 saturated carbocycles. The average molecular weight is 1300 g/mol. The molecule has 0 spiro atoms. The molecule has 7 unspecified atom stereocenters. The van der Waals surface area contributed by atoms with Crippen LogP contribution in [0.5, 0.6) is 0 Å². The summed E-state index contributed by atoms with van der Waals surface area (Å²) in [5.41, 5.74) is 0. The quantitative estimate of drug-likeness (QED) is 0.0195. The van der Waals surface area contributed by atoms with Crippen molar-refractivity contribution >= 4 is 11.9 Å². The Balaban J connectivity index is 1.84. The zero-order chi connectivity index (χ0) is 66.5. The number of carbonyl (C=O) groups is 2. The summed E-state index contributed by atoms with van der Waals surface area (Å²) in [5, 5.41) is 54.4. The Kier molecular flexibility index (Phi) is 67.1. The third-order valence-corrected chi connectivity index (χ3v) is 19.2. The molecule has 1 aliphatic rings. The van der Waals surface area contributed by atoms with Crippen LogP contribution in [0.1, 0.15) is 406 Å². The van der Waals surface area contributed by atoms with E-state index in [9.17, 15) is 35.1 Å². The van der Waals surface area contributed by atoms with Crippen molar-refractivity contribution in [2.45, 2.75) is 448 Å². The maximum absolute atomic E-state index is 13.0. The number of hydrogen-bond acceptors (Lipinski definition) is 10. The maximum atomic E-state index is 13.0. The first-order valence-corrected chi connectivity index (χ1v) is 40.3. The van der Waals surface area contributed by atoms with E-state index in [-0.39, 0.29) is 18.5 Å². The number of unbranched alkanes of at least 4 members (excludes halogenated alkanes) is 54. The molecule has 92 heavy (non-hydrogen) atoms. The molecule has 0 bridgehead atoms. The predicted molar refractivity (Wildman–Crippen MR) is 389 cm³/mol. The molecule has 11 nitrogen and oxygen atoms in total. The summed E-state index contributed by atoms with van der Waals surface area (Å²) in [6.45, 7) is 4.34. The summed E-state index contributed by atoms with van der Waals surface area (Å²) >= 11 is 0. The van der Waals surface area contributed by atoms with Crippen molar-refractivity contribution < 1.29 is 49.3 Å². The molecule has 0 aromatic rings. The van der Waals surface area contributed by atoms with Crippen molar-refractivity contribution in [1.82, 2.24) is 5.32 Å². The lowest BCUT2D eigenvalue weighted by Gasteiger charge is -2.40. The third kappa shape index (κ3) is 58.1. The molecule has 1 aliphatic heterocycles. The van der Waals surface area contributed by atoms with Crippen molar-refractivity contribution in [3.8, 4) is 0 Å². The molecular formula is C81H153NO10. The lowest BCUT2D eigenvalue weighted by molar-refractivity contribution is -0.302. The van der Waals surface area contributed by atoms with Crippen LogP contribution in [0.4, 0.5) is 0 Å². The van der Waals surface area contributed by atoms with E-state index in [0.717, 1.165) is 64.2 Å². The van der Waals surface area contributed by atoms with Gasteiger partial charge in [-0.1, -0.05) is 365 Å². The number of allylic oxidation sites excluding steroid dienone is 5. The Hall–Kier alpha value is -2.12. The van der Waals surface area contributed by atoms with Gasteiger partial charge in [0, 0.05) is 12.8 Å². The minimum Gasteiger partial charge on any atom is -0.466 e. The zero-order valence-corrected chi connectivity index (χ0v) is 60.5. The van der Waals surface area contributed by atoms with Gasteiger partial charge in [0.15, 0.2) is 6.29 Å². The Morgan fingerprint density at radius 1 is 0.402 bits per heavy atom. The molecule has 6 N–H and O–H groups in total. The predicted octanol–water partition coefficient (Wildman–Crippen LogP) is 21.7. The van der Waals surface area contributed by atoms with Gasteiger partial charge in [-0.05, 0) is 64.2 Å². The molecule has 1 heterocycles. The number of amides is 1. The van der Waals surface area contributed by atoms with Crippen LogP contribution in [0.2, 0.25) is 0 Å². The third-order valence-electron chi connectivity index (χ3n) is 19.2. The second kappa shape index (κ2) is 70.2. The molecule has 1 saturated heterocycles. The first-order chi connectivity index (χ1) is 45.2. The SMILES string of the molecule is CCCCC/C=C\C/C=C\CCCCCCCC(=O)OCCCCCCCCCCCCCCCCCCCCCCCCCCCCCCCCCCCCCCCCCC(=O)NC(COC1OC(CO)C(O)C(O)C1O)C(O)/C=C/CCCCCCCCCC. The lowest BCUT2D eigenvalue weighted by Crippen LogP contribution is -2.60. The summed E-state index contributed by atoms with van der Waals surface area (Å²) in [4.78, 5) is 25.1. The Morgan fingerprint density at radius 2 is 0.728 bits per heavy atom.